The summed E-state index contributed by atoms with van der Waals surface area (Å²) in [5.74, 6) is 0.611. The molecule has 0 bridgehead atoms. The molecule has 2 heterocycles. The molecule has 0 aliphatic heterocycles. The summed E-state index contributed by atoms with van der Waals surface area (Å²) in [6, 6.07) is 7.78. The summed E-state index contributed by atoms with van der Waals surface area (Å²) in [5.41, 5.74) is 2.82. The maximum atomic E-state index is 5.71. The van der Waals surface area contributed by atoms with Crippen LogP contribution in [0.5, 0.6) is 0 Å². The molecule has 0 unspecified atom stereocenters. The van der Waals surface area contributed by atoms with E-state index in [-0.39, 0.29) is 0 Å². The van der Waals surface area contributed by atoms with E-state index in [9.17, 15) is 0 Å². The van der Waals surface area contributed by atoms with Crippen molar-refractivity contribution in [2.24, 2.45) is 0 Å². The fourth-order valence-corrected chi connectivity index (χ4v) is 3.58. The van der Waals surface area contributed by atoms with Crippen LogP contribution < -0.4 is 0 Å². The lowest BCUT2D eigenvalue weighted by molar-refractivity contribution is 0.586. The molecule has 0 saturated carbocycles. The molecule has 5 heteroatoms. The quantitative estimate of drug-likeness (QED) is 0.307. The van der Waals surface area contributed by atoms with Crippen LogP contribution in [-0.2, 0) is 6.42 Å². The minimum absolute atomic E-state index is 0.611. The predicted molar refractivity (Wildman–Crippen MR) is 99.3 cm³/mol. The SMILES string of the molecule is Cc1csc(CCCCCCC(=S)c2nc3ccccc3o2)n1. The van der Waals surface area contributed by atoms with Crippen LogP contribution in [0.25, 0.3) is 11.1 Å². The Morgan fingerprint density at radius 2 is 1.96 bits per heavy atom. The lowest BCUT2D eigenvalue weighted by Crippen LogP contribution is -1.97. The second kappa shape index (κ2) is 7.79. The molecule has 3 rings (SSSR count). The van der Waals surface area contributed by atoms with Gasteiger partial charge in [-0.05, 0) is 44.7 Å². The van der Waals surface area contributed by atoms with E-state index in [4.69, 9.17) is 16.6 Å². The molecule has 0 amide bonds. The van der Waals surface area contributed by atoms with Crippen LogP contribution >= 0.6 is 23.6 Å². The topological polar surface area (TPSA) is 38.9 Å². The Balaban J connectivity index is 1.37. The van der Waals surface area contributed by atoms with Crippen LogP contribution in [0, 0.1) is 6.92 Å². The lowest BCUT2D eigenvalue weighted by Gasteiger charge is -2.00. The molecule has 0 aliphatic rings. The summed E-state index contributed by atoms with van der Waals surface area (Å²) in [6.07, 6.45) is 6.66. The van der Waals surface area contributed by atoms with Crippen molar-refractivity contribution in [1.29, 1.82) is 0 Å². The van der Waals surface area contributed by atoms with Gasteiger partial charge in [0.05, 0.1) is 9.87 Å². The number of aromatic nitrogens is 2. The zero-order valence-corrected chi connectivity index (χ0v) is 14.9. The third-order valence-corrected chi connectivity index (χ3v) is 5.15. The molecule has 0 spiro atoms. The van der Waals surface area contributed by atoms with E-state index in [1.165, 1.54) is 24.3 Å². The highest BCUT2D eigenvalue weighted by Gasteiger charge is 2.10. The van der Waals surface area contributed by atoms with E-state index in [1.807, 2.05) is 31.2 Å². The van der Waals surface area contributed by atoms with E-state index >= 15 is 0 Å². The largest absolute Gasteiger partial charge is 0.436 e. The highest BCUT2D eigenvalue weighted by Crippen LogP contribution is 2.18. The highest BCUT2D eigenvalue weighted by atomic mass is 32.1. The average molecular weight is 345 g/mol. The number of nitrogens with zero attached hydrogens (tertiary/aromatic N) is 2. The van der Waals surface area contributed by atoms with Gasteiger partial charge in [-0.2, -0.15) is 0 Å². The number of para-hydroxylation sites is 2. The van der Waals surface area contributed by atoms with Gasteiger partial charge in [0.25, 0.3) is 0 Å². The fourth-order valence-electron chi connectivity index (χ4n) is 2.53. The Morgan fingerprint density at radius 1 is 1.13 bits per heavy atom. The van der Waals surface area contributed by atoms with E-state index in [2.05, 4.69) is 15.3 Å². The van der Waals surface area contributed by atoms with Crippen LogP contribution in [-0.4, -0.2) is 14.8 Å². The summed E-state index contributed by atoms with van der Waals surface area (Å²) < 4.78 is 5.71. The molecule has 3 nitrogen and oxygen atoms in total. The van der Waals surface area contributed by atoms with E-state index < -0.39 is 0 Å². The number of thiocarbonyl (C=S) groups is 1. The van der Waals surface area contributed by atoms with Crippen molar-refractivity contribution in [1.82, 2.24) is 9.97 Å². The van der Waals surface area contributed by atoms with Gasteiger partial charge in [0.1, 0.15) is 5.52 Å². The molecule has 2 aromatic heterocycles. The van der Waals surface area contributed by atoms with Crippen molar-refractivity contribution in [3.05, 3.63) is 46.2 Å². The second-order valence-corrected chi connectivity index (χ2v) is 7.14. The lowest BCUT2D eigenvalue weighted by atomic mass is 10.1. The first-order chi connectivity index (χ1) is 11.2. The number of benzene rings is 1. The number of rotatable bonds is 8. The smallest absolute Gasteiger partial charge is 0.234 e. The number of hydrogen-bond donors (Lipinski definition) is 0. The normalized spacial score (nSPS) is 11.2. The van der Waals surface area contributed by atoms with Crippen LogP contribution in [0.15, 0.2) is 34.1 Å². The Kier molecular flexibility index (Phi) is 5.51. The molecular weight excluding hydrogens is 324 g/mol. The van der Waals surface area contributed by atoms with Gasteiger partial charge in [0.15, 0.2) is 5.58 Å². The summed E-state index contributed by atoms with van der Waals surface area (Å²) in [4.78, 5) is 9.78. The Labute approximate surface area is 145 Å². The molecular formula is C18H20N2OS2. The van der Waals surface area contributed by atoms with Crippen molar-refractivity contribution in [3.63, 3.8) is 0 Å². The molecule has 0 saturated heterocycles. The summed E-state index contributed by atoms with van der Waals surface area (Å²) in [5, 5.41) is 3.37. The van der Waals surface area contributed by atoms with E-state index in [0.717, 1.165) is 40.9 Å². The first kappa shape index (κ1) is 16.3. The maximum Gasteiger partial charge on any atom is 0.234 e. The Bertz CT molecular complexity index is 758. The van der Waals surface area contributed by atoms with E-state index in [0.29, 0.717) is 5.89 Å². The van der Waals surface area contributed by atoms with Crippen molar-refractivity contribution >= 4 is 39.5 Å². The first-order valence-corrected chi connectivity index (χ1v) is 9.31. The standard InChI is InChI=1S/C18H20N2OS2/c1-13-12-23-17(19-13)11-5-3-2-4-10-16(22)18-20-14-8-6-7-9-15(14)21-18/h6-9,12H,2-5,10-11H2,1H3. The van der Waals surface area contributed by atoms with Crippen LogP contribution in [0.2, 0.25) is 0 Å². The Morgan fingerprint density at radius 3 is 2.74 bits per heavy atom. The van der Waals surface area contributed by atoms with Crippen LogP contribution in [0.4, 0.5) is 0 Å². The van der Waals surface area contributed by atoms with Crippen molar-refractivity contribution in [2.75, 3.05) is 0 Å². The molecule has 0 atom stereocenters. The van der Waals surface area contributed by atoms with Gasteiger partial charge in [-0.15, -0.1) is 11.3 Å². The van der Waals surface area contributed by atoms with Gasteiger partial charge in [-0.25, -0.2) is 9.97 Å². The summed E-state index contributed by atoms with van der Waals surface area (Å²) in [6.45, 7) is 2.05. The number of hydrogen-bond acceptors (Lipinski definition) is 5. The summed E-state index contributed by atoms with van der Waals surface area (Å²) >= 11 is 7.22. The molecule has 23 heavy (non-hydrogen) atoms. The van der Waals surface area contributed by atoms with Crippen molar-refractivity contribution in [3.8, 4) is 0 Å². The van der Waals surface area contributed by atoms with E-state index in [1.54, 1.807) is 11.3 Å². The first-order valence-electron chi connectivity index (χ1n) is 8.02. The number of oxazole rings is 1. The zero-order chi connectivity index (χ0) is 16.1. The van der Waals surface area contributed by atoms with Crippen molar-refractivity contribution in [2.45, 2.75) is 45.4 Å². The average Bonchev–Trinajstić information content (AvgIpc) is 3.16. The number of fused-ring (bicyclic) bond motifs is 1. The number of unbranched alkanes of at least 4 members (excludes halogenated alkanes) is 3. The van der Waals surface area contributed by atoms with Crippen LogP contribution in [0.3, 0.4) is 0 Å². The number of thiazole rings is 1. The molecule has 3 aromatic rings. The molecule has 0 fully saturated rings. The van der Waals surface area contributed by atoms with Gasteiger partial charge < -0.3 is 4.42 Å². The second-order valence-electron chi connectivity index (χ2n) is 5.71. The minimum atomic E-state index is 0.611. The molecule has 0 N–H and O–H groups in total. The van der Waals surface area contributed by atoms with Gasteiger partial charge in [-0.3, -0.25) is 0 Å². The van der Waals surface area contributed by atoms with Gasteiger partial charge in [0.2, 0.25) is 5.89 Å². The fraction of sp³-hybridized carbons (Fsp3) is 0.389. The zero-order valence-electron chi connectivity index (χ0n) is 13.2. The van der Waals surface area contributed by atoms with Gasteiger partial charge in [0, 0.05) is 11.1 Å². The third kappa shape index (κ3) is 4.45. The molecule has 0 aliphatic carbocycles. The molecule has 120 valence electrons. The monoisotopic (exact) mass is 344 g/mol. The van der Waals surface area contributed by atoms with Gasteiger partial charge in [-0.1, -0.05) is 37.2 Å². The third-order valence-electron chi connectivity index (χ3n) is 3.74. The molecule has 1 aromatic carbocycles. The van der Waals surface area contributed by atoms with Gasteiger partial charge >= 0.3 is 0 Å². The summed E-state index contributed by atoms with van der Waals surface area (Å²) in [7, 11) is 0. The minimum Gasteiger partial charge on any atom is -0.436 e. The number of aryl methyl sites for hydroxylation is 2. The van der Waals surface area contributed by atoms with Crippen molar-refractivity contribution < 1.29 is 4.42 Å². The highest BCUT2D eigenvalue weighted by molar-refractivity contribution is 7.80. The predicted octanol–water partition coefficient (Wildman–Crippen LogP) is 5.50. The molecule has 0 radical (unpaired) electrons. The Hall–Kier alpha value is -1.59. The van der Waals surface area contributed by atoms with Crippen LogP contribution in [0.1, 0.15) is 48.7 Å². The maximum absolute atomic E-state index is 5.71.